The van der Waals surface area contributed by atoms with Crippen LogP contribution in [0.5, 0.6) is 0 Å². The molecule has 1 saturated heterocycles. The maximum Gasteiger partial charge on any atom is 0.242 e. The molecule has 1 aliphatic carbocycles. The van der Waals surface area contributed by atoms with E-state index in [0.717, 1.165) is 32.2 Å². The van der Waals surface area contributed by atoms with Crippen LogP contribution in [0.3, 0.4) is 0 Å². The van der Waals surface area contributed by atoms with Crippen molar-refractivity contribution in [2.24, 2.45) is 11.7 Å². The van der Waals surface area contributed by atoms with Gasteiger partial charge in [-0.05, 0) is 18.8 Å². The second-order valence-electron chi connectivity index (χ2n) is 6.84. The number of piperazine rings is 1. The summed E-state index contributed by atoms with van der Waals surface area (Å²) >= 11 is 0. The van der Waals surface area contributed by atoms with Gasteiger partial charge in [-0.3, -0.25) is 14.5 Å². The Morgan fingerprint density at radius 2 is 1.73 bits per heavy atom. The first kappa shape index (κ1) is 17.2. The fourth-order valence-electron chi connectivity index (χ4n) is 3.30. The quantitative estimate of drug-likeness (QED) is 0.759. The number of nitrogens with zero attached hydrogens (tertiary/aromatic N) is 2. The van der Waals surface area contributed by atoms with Crippen LogP contribution in [0.2, 0.25) is 0 Å². The van der Waals surface area contributed by atoms with E-state index < -0.39 is 6.04 Å². The lowest BCUT2D eigenvalue weighted by atomic mass is 10.1. The molecular weight excluding hydrogens is 280 g/mol. The fraction of sp³-hybridized carbons (Fsp3) is 0.875. The Balaban J connectivity index is 1.69. The number of rotatable bonds is 5. The lowest BCUT2D eigenvalue weighted by Crippen LogP contribution is -2.54. The van der Waals surface area contributed by atoms with E-state index in [-0.39, 0.29) is 24.3 Å². The third kappa shape index (κ3) is 4.43. The van der Waals surface area contributed by atoms with Crippen molar-refractivity contribution in [1.82, 2.24) is 15.1 Å². The van der Waals surface area contributed by atoms with Crippen LogP contribution in [-0.4, -0.2) is 66.4 Å². The normalized spacial score (nSPS) is 22.1. The Bertz CT molecular complexity index is 386. The van der Waals surface area contributed by atoms with Gasteiger partial charge in [-0.1, -0.05) is 26.7 Å². The van der Waals surface area contributed by atoms with Crippen LogP contribution in [0, 0.1) is 5.92 Å². The molecule has 126 valence electrons. The predicted octanol–water partition coefficient (Wildman–Crippen LogP) is 0.173. The summed E-state index contributed by atoms with van der Waals surface area (Å²) in [5.41, 5.74) is 5.77. The minimum atomic E-state index is -0.549. The molecular formula is C16H30N4O2. The summed E-state index contributed by atoms with van der Waals surface area (Å²) < 4.78 is 0. The zero-order valence-corrected chi connectivity index (χ0v) is 13.9. The van der Waals surface area contributed by atoms with E-state index in [1.807, 2.05) is 18.7 Å². The van der Waals surface area contributed by atoms with E-state index in [0.29, 0.717) is 0 Å². The topological polar surface area (TPSA) is 78.7 Å². The van der Waals surface area contributed by atoms with Crippen molar-refractivity contribution in [2.45, 2.75) is 51.6 Å². The minimum absolute atomic E-state index is 0.00428. The zero-order valence-electron chi connectivity index (χ0n) is 13.9. The summed E-state index contributed by atoms with van der Waals surface area (Å²) in [6.45, 7) is 7.29. The van der Waals surface area contributed by atoms with Crippen LogP contribution in [0.1, 0.15) is 39.5 Å². The number of carbonyl (C=O) groups excluding carboxylic acids is 2. The van der Waals surface area contributed by atoms with Gasteiger partial charge in [0.05, 0.1) is 12.6 Å². The number of hydrogen-bond donors (Lipinski definition) is 2. The third-order valence-corrected chi connectivity index (χ3v) is 4.94. The Labute approximate surface area is 133 Å². The molecule has 1 heterocycles. The lowest BCUT2D eigenvalue weighted by Gasteiger charge is -2.38. The summed E-state index contributed by atoms with van der Waals surface area (Å²) in [6, 6.07) is 0.174. The van der Waals surface area contributed by atoms with Crippen molar-refractivity contribution >= 4 is 11.8 Å². The largest absolute Gasteiger partial charge is 0.346 e. The highest BCUT2D eigenvalue weighted by Crippen LogP contribution is 2.24. The average Bonchev–Trinajstić information content (AvgIpc) is 3.06. The molecule has 0 unspecified atom stereocenters. The molecule has 2 aliphatic rings. The summed E-state index contributed by atoms with van der Waals surface area (Å²) in [4.78, 5) is 28.3. The number of carbonyl (C=O) groups is 2. The van der Waals surface area contributed by atoms with E-state index in [4.69, 9.17) is 5.73 Å². The molecule has 0 bridgehead atoms. The smallest absolute Gasteiger partial charge is 0.242 e. The highest BCUT2D eigenvalue weighted by atomic mass is 16.2. The number of amides is 2. The van der Waals surface area contributed by atoms with E-state index in [2.05, 4.69) is 10.2 Å². The number of nitrogens with two attached hydrogens (primary N) is 1. The Kier molecular flexibility index (Phi) is 6.20. The van der Waals surface area contributed by atoms with Crippen LogP contribution < -0.4 is 11.1 Å². The molecule has 2 rings (SSSR count). The predicted molar refractivity (Wildman–Crippen MR) is 86.2 cm³/mol. The summed E-state index contributed by atoms with van der Waals surface area (Å²) in [5, 5.41) is 2.66. The third-order valence-electron chi connectivity index (χ3n) is 4.94. The molecule has 3 N–H and O–H groups in total. The molecule has 22 heavy (non-hydrogen) atoms. The number of nitrogens with one attached hydrogen (secondary N) is 1. The molecule has 0 aromatic rings. The Morgan fingerprint density at radius 1 is 1.14 bits per heavy atom. The van der Waals surface area contributed by atoms with E-state index in [9.17, 15) is 9.59 Å². The van der Waals surface area contributed by atoms with Crippen LogP contribution in [-0.2, 0) is 9.59 Å². The molecule has 1 aliphatic heterocycles. The van der Waals surface area contributed by atoms with Gasteiger partial charge in [-0.25, -0.2) is 0 Å². The summed E-state index contributed by atoms with van der Waals surface area (Å²) in [7, 11) is 0. The van der Waals surface area contributed by atoms with Crippen molar-refractivity contribution in [3.63, 3.8) is 0 Å². The second kappa shape index (κ2) is 7.92. The van der Waals surface area contributed by atoms with Gasteiger partial charge in [0.1, 0.15) is 0 Å². The summed E-state index contributed by atoms with van der Waals surface area (Å²) in [6.07, 6.45) is 5.28. The van der Waals surface area contributed by atoms with Crippen molar-refractivity contribution in [3.8, 4) is 0 Å². The SMILES string of the molecule is CC(C)[C@H](N)C(=O)NCC(=O)N1CCN(C2CCCC2)CC1. The van der Waals surface area contributed by atoms with Crippen molar-refractivity contribution < 1.29 is 9.59 Å². The van der Waals surface area contributed by atoms with Crippen LogP contribution >= 0.6 is 0 Å². The van der Waals surface area contributed by atoms with Gasteiger partial charge in [0, 0.05) is 32.2 Å². The maximum atomic E-state index is 12.2. The van der Waals surface area contributed by atoms with E-state index >= 15 is 0 Å². The van der Waals surface area contributed by atoms with Crippen LogP contribution in [0.25, 0.3) is 0 Å². The molecule has 0 aromatic carbocycles. The van der Waals surface area contributed by atoms with Gasteiger partial charge in [0.15, 0.2) is 0 Å². The van der Waals surface area contributed by atoms with E-state index in [1.165, 1.54) is 25.7 Å². The second-order valence-corrected chi connectivity index (χ2v) is 6.84. The molecule has 1 atom stereocenters. The highest BCUT2D eigenvalue weighted by molar-refractivity contribution is 5.87. The zero-order chi connectivity index (χ0) is 16.1. The molecule has 0 spiro atoms. The van der Waals surface area contributed by atoms with Gasteiger partial charge in [-0.15, -0.1) is 0 Å². The molecule has 6 heteroatoms. The fourth-order valence-corrected chi connectivity index (χ4v) is 3.30. The first-order valence-electron chi connectivity index (χ1n) is 8.54. The van der Waals surface area contributed by atoms with Gasteiger partial charge < -0.3 is 16.0 Å². The maximum absolute atomic E-state index is 12.2. The van der Waals surface area contributed by atoms with Gasteiger partial charge in [0.2, 0.25) is 11.8 Å². The molecule has 0 aromatic heterocycles. The molecule has 2 fully saturated rings. The first-order chi connectivity index (χ1) is 10.5. The van der Waals surface area contributed by atoms with Crippen molar-refractivity contribution in [2.75, 3.05) is 32.7 Å². The van der Waals surface area contributed by atoms with Gasteiger partial charge in [-0.2, -0.15) is 0 Å². The van der Waals surface area contributed by atoms with Crippen molar-refractivity contribution in [1.29, 1.82) is 0 Å². The molecule has 2 amide bonds. The first-order valence-corrected chi connectivity index (χ1v) is 8.54. The van der Waals surface area contributed by atoms with Crippen molar-refractivity contribution in [3.05, 3.63) is 0 Å². The number of hydrogen-bond acceptors (Lipinski definition) is 4. The van der Waals surface area contributed by atoms with Crippen LogP contribution in [0.15, 0.2) is 0 Å². The van der Waals surface area contributed by atoms with Crippen LogP contribution in [0.4, 0.5) is 0 Å². The highest BCUT2D eigenvalue weighted by Gasteiger charge is 2.28. The molecule has 0 radical (unpaired) electrons. The Morgan fingerprint density at radius 3 is 2.27 bits per heavy atom. The average molecular weight is 310 g/mol. The molecule has 1 saturated carbocycles. The lowest BCUT2D eigenvalue weighted by molar-refractivity contribution is -0.135. The standard InChI is InChI=1S/C16H30N4O2/c1-12(2)15(17)16(22)18-11-14(21)20-9-7-19(8-10-20)13-5-3-4-6-13/h12-13,15H,3-11,17H2,1-2H3,(H,18,22)/t15-/m0/s1. The monoisotopic (exact) mass is 310 g/mol. The summed E-state index contributed by atoms with van der Waals surface area (Å²) in [5.74, 6) is -0.173. The van der Waals surface area contributed by atoms with Gasteiger partial charge >= 0.3 is 0 Å². The van der Waals surface area contributed by atoms with E-state index in [1.54, 1.807) is 0 Å². The Hall–Kier alpha value is -1.14. The minimum Gasteiger partial charge on any atom is -0.346 e. The molecule has 6 nitrogen and oxygen atoms in total. The van der Waals surface area contributed by atoms with Gasteiger partial charge in [0.25, 0.3) is 0 Å².